The van der Waals surface area contributed by atoms with Gasteiger partial charge in [0.1, 0.15) is 5.82 Å². The van der Waals surface area contributed by atoms with Crippen LogP contribution in [0.3, 0.4) is 0 Å². The van der Waals surface area contributed by atoms with Gasteiger partial charge in [0, 0.05) is 49.8 Å². The monoisotopic (exact) mass is 285 g/mol. The molecule has 2 heterocycles. The molecule has 1 amide bonds. The lowest BCUT2D eigenvalue weighted by Gasteiger charge is -2.27. The van der Waals surface area contributed by atoms with Crippen molar-refractivity contribution in [3.05, 3.63) is 42.5 Å². The molecule has 0 fully saturated rings. The van der Waals surface area contributed by atoms with Gasteiger partial charge in [-0.15, -0.1) is 0 Å². The normalized spacial score (nSPS) is 14.7. The van der Waals surface area contributed by atoms with Crippen molar-refractivity contribution in [1.82, 2.24) is 14.5 Å². The molecule has 0 atom stereocenters. The van der Waals surface area contributed by atoms with E-state index < -0.39 is 0 Å². The number of benzene rings is 1. The number of aromatic nitrogens is 2. The fourth-order valence-corrected chi connectivity index (χ4v) is 2.51. The number of nitrogen functional groups attached to an aromatic ring is 1. The van der Waals surface area contributed by atoms with Gasteiger partial charge in [-0.3, -0.25) is 9.69 Å². The summed E-state index contributed by atoms with van der Waals surface area (Å²) < 4.78 is 2.16. The first-order valence-electron chi connectivity index (χ1n) is 7.08. The van der Waals surface area contributed by atoms with Crippen molar-refractivity contribution < 1.29 is 4.79 Å². The summed E-state index contributed by atoms with van der Waals surface area (Å²) in [4.78, 5) is 18.5. The largest absolute Gasteiger partial charge is 0.399 e. The Morgan fingerprint density at radius 2 is 2.29 bits per heavy atom. The maximum absolute atomic E-state index is 12.0. The Bertz CT molecular complexity index is 636. The van der Waals surface area contributed by atoms with Gasteiger partial charge in [-0.2, -0.15) is 0 Å². The number of hydrogen-bond donors (Lipinski definition) is 2. The summed E-state index contributed by atoms with van der Waals surface area (Å²) in [5.74, 6) is 1.08. The fraction of sp³-hybridized carbons (Fsp3) is 0.333. The number of nitrogens with two attached hydrogens (primary N) is 1. The van der Waals surface area contributed by atoms with Crippen molar-refractivity contribution in [2.75, 3.05) is 24.1 Å². The Morgan fingerprint density at radius 3 is 3.14 bits per heavy atom. The molecular formula is C15H19N5O. The molecule has 1 aliphatic heterocycles. The van der Waals surface area contributed by atoms with Crippen molar-refractivity contribution in [2.24, 2.45) is 0 Å². The molecule has 21 heavy (non-hydrogen) atoms. The molecule has 3 N–H and O–H groups in total. The zero-order chi connectivity index (χ0) is 14.7. The highest BCUT2D eigenvalue weighted by Crippen LogP contribution is 2.13. The molecular weight excluding hydrogens is 266 g/mol. The fourth-order valence-electron chi connectivity index (χ4n) is 2.51. The van der Waals surface area contributed by atoms with Gasteiger partial charge < -0.3 is 15.6 Å². The Morgan fingerprint density at radius 1 is 1.38 bits per heavy atom. The van der Waals surface area contributed by atoms with Gasteiger partial charge in [-0.25, -0.2) is 4.98 Å². The van der Waals surface area contributed by atoms with Crippen LogP contribution in [0, 0.1) is 0 Å². The quantitative estimate of drug-likeness (QED) is 0.830. The average molecular weight is 285 g/mol. The van der Waals surface area contributed by atoms with Crippen LogP contribution in [0.5, 0.6) is 0 Å². The van der Waals surface area contributed by atoms with Gasteiger partial charge in [0.2, 0.25) is 5.91 Å². The first kappa shape index (κ1) is 13.6. The van der Waals surface area contributed by atoms with Gasteiger partial charge in [-0.1, -0.05) is 6.07 Å². The Balaban J connectivity index is 1.48. The molecule has 1 aromatic carbocycles. The molecule has 6 nitrogen and oxygen atoms in total. The predicted molar refractivity (Wildman–Crippen MR) is 81.6 cm³/mol. The standard InChI is InChI=1S/C15H19N5O/c16-12-2-1-3-13(10-12)18-15(21)4-6-19-8-9-20-7-5-17-14(20)11-19/h1-3,5,7,10H,4,6,8-9,11,16H2,(H,18,21). The summed E-state index contributed by atoms with van der Waals surface area (Å²) >= 11 is 0. The van der Waals surface area contributed by atoms with Crippen LogP contribution in [-0.2, 0) is 17.9 Å². The van der Waals surface area contributed by atoms with E-state index in [1.165, 1.54) is 0 Å². The van der Waals surface area contributed by atoms with E-state index in [4.69, 9.17) is 5.73 Å². The highest BCUT2D eigenvalue weighted by molar-refractivity contribution is 5.91. The minimum atomic E-state index is 0.00881. The number of hydrogen-bond acceptors (Lipinski definition) is 4. The van der Waals surface area contributed by atoms with Crippen LogP contribution in [0.25, 0.3) is 0 Å². The highest BCUT2D eigenvalue weighted by atomic mass is 16.1. The topological polar surface area (TPSA) is 76.2 Å². The predicted octanol–water partition coefficient (Wildman–Crippen LogP) is 1.31. The third-order valence-corrected chi connectivity index (χ3v) is 3.65. The van der Waals surface area contributed by atoms with Crippen molar-refractivity contribution in [3.63, 3.8) is 0 Å². The van der Waals surface area contributed by atoms with E-state index in [2.05, 4.69) is 19.8 Å². The van der Waals surface area contributed by atoms with Crippen LogP contribution in [0.15, 0.2) is 36.7 Å². The third-order valence-electron chi connectivity index (χ3n) is 3.65. The second-order valence-electron chi connectivity index (χ2n) is 5.24. The zero-order valence-corrected chi connectivity index (χ0v) is 11.8. The number of carbonyl (C=O) groups excluding carboxylic acids is 1. The lowest BCUT2D eigenvalue weighted by atomic mass is 10.2. The number of imidazole rings is 1. The molecule has 0 saturated heterocycles. The summed E-state index contributed by atoms with van der Waals surface area (Å²) in [7, 11) is 0. The van der Waals surface area contributed by atoms with Crippen molar-refractivity contribution in [3.8, 4) is 0 Å². The van der Waals surface area contributed by atoms with Gasteiger partial charge in [-0.05, 0) is 18.2 Å². The van der Waals surface area contributed by atoms with Crippen LogP contribution in [-0.4, -0.2) is 33.4 Å². The number of nitrogens with zero attached hydrogens (tertiary/aromatic N) is 3. The highest BCUT2D eigenvalue weighted by Gasteiger charge is 2.17. The molecule has 1 aliphatic rings. The van der Waals surface area contributed by atoms with Gasteiger partial charge in [0.05, 0.1) is 6.54 Å². The Kier molecular flexibility index (Phi) is 3.87. The van der Waals surface area contributed by atoms with Crippen LogP contribution < -0.4 is 11.1 Å². The lowest BCUT2D eigenvalue weighted by Crippen LogP contribution is -2.35. The molecule has 0 aliphatic carbocycles. The van der Waals surface area contributed by atoms with E-state index in [0.29, 0.717) is 12.1 Å². The van der Waals surface area contributed by atoms with E-state index in [0.717, 1.165) is 37.7 Å². The number of fused-ring (bicyclic) bond motifs is 1. The first-order valence-corrected chi connectivity index (χ1v) is 7.08. The molecule has 2 aromatic rings. The number of rotatable bonds is 4. The second-order valence-corrected chi connectivity index (χ2v) is 5.24. The summed E-state index contributed by atoms with van der Waals surface area (Å²) in [6.07, 6.45) is 4.29. The molecule has 0 saturated carbocycles. The molecule has 6 heteroatoms. The van der Waals surface area contributed by atoms with Crippen LogP contribution in [0.1, 0.15) is 12.2 Å². The van der Waals surface area contributed by atoms with E-state index in [9.17, 15) is 4.79 Å². The van der Waals surface area contributed by atoms with Crippen molar-refractivity contribution in [1.29, 1.82) is 0 Å². The lowest BCUT2D eigenvalue weighted by molar-refractivity contribution is -0.116. The Hall–Kier alpha value is -2.34. The maximum Gasteiger partial charge on any atom is 0.225 e. The van der Waals surface area contributed by atoms with Crippen LogP contribution in [0.2, 0.25) is 0 Å². The second kappa shape index (κ2) is 5.97. The summed E-state index contributed by atoms with van der Waals surface area (Å²) in [5.41, 5.74) is 7.08. The number of nitrogens with one attached hydrogen (secondary N) is 1. The maximum atomic E-state index is 12.0. The van der Waals surface area contributed by atoms with E-state index >= 15 is 0 Å². The average Bonchev–Trinajstić information content (AvgIpc) is 2.92. The Labute approximate surface area is 123 Å². The van der Waals surface area contributed by atoms with Gasteiger partial charge in [0.15, 0.2) is 0 Å². The SMILES string of the molecule is Nc1cccc(NC(=O)CCN2CCn3ccnc3C2)c1. The molecule has 3 rings (SSSR count). The van der Waals surface area contributed by atoms with Crippen LogP contribution >= 0.6 is 0 Å². The zero-order valence-electron chi connectivity index (χ0n) is 11.8. The minimum Gasteiger partial charge on any atom is -0.399 e. The summed E-state index contributed by atoms with van der Waals surface area (Å²) in [6.45, 7) is 3.43. The molecule has 1 aromatic heterocycles. The van der Waals surface area contributed by atoms with Crippen molar-refractivity contribution >= 4 is 17.3 Å². The van der Waals surface area contributed by atoms with E-state index in [1.54, 1.807) is 12.1 Å². The molecule has 0 bridgehead atoms. The molecule has 0 radical (unpaired) electrons. The van der Waals surface area contributed by atoms with Gasteiger partial charge in [0.25, 0.3) is 0 Å². The number of carbonyl (C=O) groups is 1. The smallest absolute Gasteiger partial charge is 0.225 e. The number of amides is 1. The van der Waals surface area contributed by atoms with Crippen LogP contribution in [0.4, 0.5) is 11.4 Å². The summed E-state index contributed by atoms with van der Waals surface area (Å²) in [6, 6.07) is 7.22. The van der Waals surface area contributed by atoms with E-state index in [1.807, 2.05) is 24.5 Å². The minimum absolute atomic E-state index is 0.00881. The van der Waals surface area contributed by atoms with Gasteiger partial charge >= 0.3 is 0 Å². The molecule has 0 spiro atoms. The first-order chi connectivity index (χ1) is 10.2. The molecule has 0 unspecified atom stereocenters. The molecule has 110 valence electrons. The van der Waals surface area contributed by atoms with Crippen molar-refractivity contribution in [2.45, 2.75) is 19.5 Å². The third kappa shape index (κ3) is 3.41. The van der Waals surface area contributed by atoms with E-state index in [-0.39, 0.29) is 5.91 Å². The summed E-state index contributed by atoms with van der Waals surface area (Å²) in [5, 5.41) is 2.87. The number of anilines is 2.